The molecule has 10 heteroatoms. The minimum absolute atomic E-state index is 0.368. The Balaban J connectivity index is 1.59. The Hall–Kier alpha value is -3.07. The molecule has 1 atom stereocenters. The number of hydrogen-bond donors (Lipinski definition) is 1. The van der Waals surface area contributed by atoms with Crippen molar-refractivity contribution in [2.24, 2.45) is 0 Å². The van der Waals surface area contributed by atoms with Crippen LogP contribution in [0.2, 0.25) is 10.0 Å². The number of benzene rings is 2. The van der Waals surface area contributed by atoms with E-state index in [-0.39, 0.29) is 0 Å². The van der Waals surface area contributed by atoms with E-state index in [9.17, 15) is 5.11 Å². The number of aromatic nitrogens is 4. The minimum atomic E-state index is -1.28. The molecule has 1 N–H and O–H groups in total. The molecular weight excluding hydrogens is 503 g/mol. The van der Waals surface area contributed by atoms with E-state index in [1.54, 1.807) is 52.3 Å². The highest BCUT2D eigenvalue weighted by Crippen LogP contribution is 2.45. The van der Waals surface area contributed by atoms with Gasteiger partial charge in [-0.15, -0.1) is 10.2 Å². The number of ether oxygens (including phenoxy) is 2. The van der Waals surface area contributed by atoms with Gasteiger partial charge in [-0.3, -0.25) is 0 Å². The summed E-state index contributed by atoms with van der Waals surface area (Å²) in [5.74, 6) is 3.49. The SMILES string of the molecule is COc1cc(-c2nnc3n2CCCC3(Oc2ccc(Cl)c(Cl)c2)C(C)(C)O)ccc1-c1cnc(C)o1. The van der Waals surface area contributed by atoms with Gasteiger partial charge >= 0.3 is 0 Å². The summed E-state index contributed by atoms with van der Waals surface area (Å²) in [7, 11) is 1.61. The summed E-state index contributed by atoms with van der Waals surface area (Å²) in [6.45, 7) is 5.89. The highest BCUT2D eigenvalue weighted by atomic mass is 35.5. The number of halogens is 2. The monoisotopic (exact) mass is 528 g/mol. The molecule has 8 nitrogen and oxygen atoms in total. The van der Waals surface area contributed by atoms with Crippen molar-refractivity contribution in [3.63, 3.8) is 0 Å². The second-order valence-corrected chi connectivity index (χ2v) is 10.1. The third kappa shape index (κ3) is 4.13. The zero-order valence-corrected chi connectivity index (χ0v) is 21.9. The molecule has 36 heavy (non-hydrogen) atoms. The molecule has 3 heterocycles. The van der Waals surface area contributed by atoms with E-state index < -0.39 is 11.2 Å². The molecule has 2 aromatic carbocycles. The largest absolute Gasteiger partial charge is 0.496 e. The summed E-state index contributed by atoms with van der Waals surface area (Å²) < 4.78 is 19.8. The first-order valence-electron chi connectivity index (χ1n) is 11.5. The molecule has 0 fully saturated rings. The van der Waals surface area contributed by atoms with E-state index in [1.165, 1.54) is 0 Å². The third-order valence-corrected chi connectivity index (χ3v) is 7.28. The van der Waals surface area contributed by atoms with Gasteiger partial charge in [0.25, 0.3) is 0 Å². The second kappa shape index (κ2) is 9.10. The first-order valence-corrected chi connectivity index (χ1v) is 12.3. The molecule has 0 aliphatic carbocycles. The van der Waals surface area contributed by atoms with E-state index in [0.29, 0.717) is 57.8 Å². The van der Waals surface area contributed by atoms with Crippen LogP contribution < -0.4 is 9.47 Å². The Kier molecular flexibility index (Phi) is 6.22. The normalized spacial score (nSPS) is 17.6. The van der Waals surface area contributed by atoms with Crippen LogP contribution in [0.1, 0.15) is 38.4 Å². The fraction of sp³-hybridized carbons (Fsp3) is 0.346. The molecule has 1 aliphatic rings. The topological polar surface area (TPSA) is 95.4 Å². The van der Waals surface area contributed by atoms with Crippen LogP contribution in [0.3, 0.4) is 0 Å². The molecule has 0 saturated carbocycles. The smallest absolute Gasteiger partial charge is 0.196 e. The Morgan fingerprint density at radius 1 is 1.11 bits per heavy atom. The molecule has 5 rings (SSSR count). The predicted octanol–water partition coefficient (Wildman–Crippen LogP) is 6.06. The van der Waals surface area contributed by atoms with Gasteiger partial charge < -0.3 is 23.6 Å². The van der Waals surface area contributed by atoms with E-state index in [4.69, 9.17) is 37.1 Å². The molecule has 2 aromatic heterocycles. The maximum absolute atomic E-state index is 11.3. The van der Waals surface area contributed by atoms with Crippen molar-refractivity contribution >= 4 is 23.2 Å². The Labute approximate surface area is 218 Å². The number of hydrogen-bond acceptors (Lipinski definition) is 7. The summed E-state index contributed by atoms with van der Waals surface area (Å²) in [6, 6.07) is 10.8. The molecule has 0 radical (unpaired) electrons. The van der Waals surface area contributed by atoms with Crippen LogP contribution in [-0.4, -0.2) is 37.6 Å². The molecule has 0 spiro atoms. The molecule has 0 amide bonds. The average Bonchev–Trinajstić information content (AvgIpc) is 3.47. The van der Waals surface area contributed by atoms with Gasteiger partial charge in [-0.2, -0.15) is 0 Å². The van der Waals surface area contributed by atoms with Gasteiger partial charge in [0.05, 0.1) is 28.9 Å². The number of methoxy groups -OCH3 is 1. The Morgan fingerprint density at radius 2 is 1.92 bits per heavy atom. The quantitative estimate of drug-likeness (QED) is 0.324. The van der Waals surface area contributed by atoms with Crippen LogP contribution in [0.15, 0.2) is 47.0 Å². The van der Waals surface area contributed by atoms with Gasteiger partial charge in [-0.25, -0.2) is 4.98 Å². The van der Waals surface area contributed by atoms with Gasteiger partial charge in [0.1, 0.15) is 17.1 Å². The van der Waals surface area contributed by atoms with Crippen LogP contribution in [0.5, 0.6) is 11.5 Å². The summed E-state index contributed by atoms with van der Waals surface area (Å²) in [5.41, 5.74) is -0.844. The van der Waals surface area contributed by atoms with E-state index in [2.05, 4.69) is 15.2 Å². The first kappa shape index (κ1) is 24.6. The predicted molar refractivity (Wildman–Crippen MR) is 137 cm³/mol. The molecule has 4 aromatic rings. The van der Waals surface area contributed by atoms with Gasteiger partial charge in [0.15, 0.2) is 28.9 Å². The molecular formula is C26H26Cl2N4O4. The van der Waals surface area contributed by atoms with Crippen LogP contribution >= 0.6 is 23.2 Å². The Morgan fingerprint density at radius 3 is 2.58 bits per heavy atom. The van der Waals surface area contributed by atoms with Gasteiger partial charge in [-0.05, 0) is 51.0 Å². The van der Waals surface area contributed by atoms with Crippen LogP contribution in [-0.2, 0) is 12.1 Å². The van der Waals surface area contributed by atoms with Gasteiger partial charge in [0.2, 0.25) is 0 Å². The third-order valence-electron chi connectivity index (χ3n) is 6.54. The van der Waals surface area contributed by atoms with Crippen molar-refractivity contribution in [2.75, 3.05) is 7.11 Å². The summed E-state index contributed by atoms with van der Waals surface area (Å²) >= 11 is 12.3. The van der Waals surface area contributed by atoms with Crippen molar-refractivity contribution in [3.8, 4) is 34.2 Å². The lowest BCUT2D eigenvalue weighted by Gasteiger charge is -2.44. The lowest BCUT2D eigenvalue weighted by atomic mass is 9.79. The molecule has 1 unspecified atom stereocenters. The second-order valence-electron chi connectivity index (χ2n) is 9.33. The van der Waals surface area contributed by atoms with Crippen molar-refractivity contribution in [1.82, 2.24) is 19.7 Å². The maximum Gasteiger partial charge on any atom is 0.196 e. The van der Waals surface area contributed by atoms with E-state index in [0.717, 1.165) is 17.5 Å². The van der Waals surface area contributed by atoms with Crippen molar-refractivity contribution in [1.29, 1.82) is 0 Å². The number of fused-ring (bicyclic) bond motifs is 1. The number of oxazole rings is 1. The number of aliphatic hydroxyl groups is 1. The molecule has 0 saturated heterocycles. The lowest BCUT2D eigenvalue weighted by Crippen LogP contribution is -2.55. The average molecular weight is 529 g/mol. The zero-order chi connectivity index (χ0) is 25.7. The fourth-order valence-electron chi connectivity index (χ4n) is 4.69. The van der Waals surface area contributed by atoms with E-state index >= 15 is 0 Å². The maximum atomic E-state index is 11.3. The lowest BCUT2D eigenvalue weighted by molar-refractivity contribution is -0.137. The van der Waals surface area contributed by atoms with Crippen LogP contribution in [0.25, 0.3) is 22.7 Å². The number of aryl methyl sites for hydroxylation is 1. The zero-order valence-electron chi connectivity index (χ0n) is 20.4. The van der Waals surface area contributed by atoms with Crippen LogP contribution in [0.4, 0.5) is 0 Å². The Bertz CT molecular complexity index is 1430. The number of rotatable bonds is 6. The fourth-order valence-corrected chi connectivity index (χ4v) is 4.98. The molecule has 1 aliphatic heterocycles. The summed E-state index contributed by atoms with van der Waals surface area (Å²) in [5, 5.41) is 21.2. The van der Waals surface area contributed by atoms with Crippen molar-refractivity contribution in [3.05, 3.63) is 64.4 Å². The van der Waals surface area contributed by atoms with E-state index in [1.807, 2.05) is 22.8 Å². The first-order chi connectivity index (χ1) is 17.1. The van der Waals surface area contributed by atoms with Crippen LogP contribution in [0, 0.1) is 6.92 Å². The highest BCUT2D eigenvalue weighted by molar-refractivity contribution is 6.42. The standard InChI is InChI=1S/C26H26Cl2N4O4/c1-15-29-14-22(35-15)18-8-6-16(12-21(18)34-4)23-30-31-24-26(25(2,3)33,10-5-11-32(23)24)36-17-7-9-19(27)20(28)13-17/h6-9,12-14,33H,5,10-11H2,1-4H3. The van der Waals surface area contributed by atoms with Gasteiger partial charge in [-0.1, -0.05) is 29.3 Å². The summed E-state index contributed by atoms with van der Waals surface area (Å²) in [6.07, 6.45) is 2.96. The summed E-state index contributed by atoms with van der Waals surface area (Å²) in [4.78, 5) is 4.18. The van der Waals surface area contributed by atoms with Gasteiger partial charge in [0, 0.05) is 25.1 Å². The minimum Gasteiger partial charge on any atom is -0.496 e. The molecule has 188 valence electrons. The van der Waals surface area contributed by atoms with Crippen molar-refractivity contribution in [2.45, 2.75) is 51.4 Å². The number of nitrogens with zero attached hydrogens (tertiary/aromatic N) is 4. The molecule has 0 bridgehead atoms. The highest BCUT2D eigenvalue weighted by Gasteiger charge is 2.53. The van der Waals surface area contributed by atoms with Crippen molar-refractivity contribution < 1.29 is 19.0 Å².